The van der Waals surface area contributed by atoms with Gasteiger partial charge in [0.25, 0.3) is 5.91 Å². The zero-order valence-electron chi connectivity index (χ0n) is 6.30. The summed E-state index contributed by atoms with van der Waals surface area (Å²) in [5, 5.41) is 8.63. The molecule has 6 heteroatoms. The van der Waals surface area contributed by atoms with Crippen LogP contribution in [0.2, 0.25) is 0 Å². The van der Waals surface area contributed by atoms with Crippen molar-refractivity contribution < 1.29 is 4.79 Å². The van der Waals surface area contributed by atoms with Crippen LogP contribution in [0.5, 0.6) is 0 Å². The normalized spacial score (nSPS) is 9.75. The molecule has 1 rings (SSSR count). The second-order valence-electron chi connectivity index (χ2n) is 2.14. The van der Waals surface area contributed by atoms with Gasteiger partial charge in [-0.3, -0.25) is 9.89 Å². The van der Waals surface area contributed by atoms with Crippen molar-refractivity contribution in [2.24, 2.45) is 0 Å². The lowest BCUT2D eigenvalue weighted by atomic mass is 10.3. The van der Waals surface area contributed by atoms with Gasteiger partial charge >= 0.3 is 0 Å². The van der Waals surface area contributed by atoms with Crippen LogP contribution in [0.3, 0.4) is 0 Å². The molecule has 12 heavy (non-hydrogen) atoms. The Morgan fingerprint density at radius 3 is 3.08 bits per heavy atom. The molecule has 0 saturated heterocycles. The summed E-state index contributed by atoms with van der Waals surface area (Å²) in [5.41, 5.74) is 5.75. The van der Waals surface area contributed by atoms with Crippen LogP contribution < -0.4 is 11.1 Å². The van der Waals surface area contributed by atoms with Crippen molar-refractivity contribution in [3.8, 4) is 0 Å². The smallest absolute Gasteiger partial charge is 0.256 e. The van der Waals surface area contributed by atoms with Crippen molar-refractivity contribution in [3.05, 3.63) is 11.8 Å². The van der Waals surface area contributed by atoms with E-state index in [-0.39, 0.29) is 11.7 Å². The number of carbonyl (C=O) groups excluding carboxylic acids is 1. The van der Waals surface area contributed by atoms with Gasteiger partial charge in [0, 0.05) is 12.4 Å². The molecule has 4 N–H and O–H groups in total. The molecule has 1 heterocycles. The zero-order valence-corrected chi connectivity index (χ0v) is 7.06. The van der Waals surface area contributed by atoms with Gasteiger partial charge in [0.2, 0.25) is 0 Å². The number of nitrogens with one attached hydrogen (secondary N) is 2. The third-order valence-electron chi connectivity index (χ3n) is 1.29. The minimum absolute atomic E-state index is 0.262. The van der Waals surface area contributed by atoms with Crippen LogP contribution in [0, 0.1) is 0 Å². The number of H-pyrrole nitrogens is 1. The molecule has 0 aliphatic rings. The Morgan fingerprint density at radius 2 is 2.58 bits per heavy atom. The molecule has 0 aliphatic heterocycles. The average Bonchev–Trinajstić information content (AvgIpc) is 2.47. The number of aromatic amines is 1. The molecule has 0 saturated carbocycles. The highest BCUT2D eigenvalue weighted by atomic mass is 35.5. The summed E-state index contributed by atoms with van der Waals surface area (Å²) in [6.07, 6.45) is 1.37. The maximum absolute atomic E-state index is 11.2. The highest BCUT2D eigenvalue weighted by molar-refractivity contribution is 6.18. The predicted molar refractivity (Wildman–Crippen MR) is 46.1 cm³/mol. The van der Waals surface area contributed by atoms with Gasteiger partial charge in [0.15, 0.2) is 0 Å². The Morgan fingerprint density at radius 1 is 1.83 bits per heavy atom. The van der Waals surface area contributed by atoms with Gasteiger partial charge in [-0.15, -0.1) is 11.6 Å². The van der Waals surface area contributed by atoms with Crippen LogP contribution in [0.15, 0.2) is 6.20 Å². The fourth-order valence-electron chi connectivity index (χ4n) is 0.733. The Balaban J connectivity index is 2.59. The molecule has 66 valence electrons. The number of nitrogens with two attached hydrogens (primary N) is 1. The Kier molecular flexibility index (Phi) is 2.93. The summed E-state index contributed by atoms with van der Waals surface area (Å²) in [7, 11) is 0. The Labute approximate surface area is 74.3 Å². The van der Waals surface area contributed by atoms with Gasteiger partial charge in [-0.1, -0.05) is 0 Å². The van der Waals surface area contributed by atoms with E-state index in [2.05, 4.69) is 15.5 Å². The first-order chi connectivity index (χ1) is 5.75. The molecule has 0 aromatic carbocycles. The van der Waals surface area contributed by atoms with Crippen LogP contribution in [-0.4, -0.2) is 28.5 Å². The molecule has 1 amide bonds. The predicted octanol–water partition coefficient (Wildman–Crippen LogP) is -0.0395. The highest BCUT2D eigenvalue weighted by Crippen LogP contribution is 2.04. The highest BCUT2D eigenvalue weighted by Gasteiger charge is 2.09. The molecule has 1 aromatic rings. The van der Waals surface area contributed by atoms with E-state index in [0.29, 0.717) is 18.0 Å². The molecule has 0 spiro atoms. The number of carbonyl (C=O) groups is 1. The second kappa shape index (κ2) is 3.96. The van der Waals surface area contributed by atoms with Crippen molar-refractivity contribution in [1.82, 2.24) is 15.5 Å². The lowest BCUT2D eigenvalue weighted by Gasteiger charge is -1.99. The Bertz CT molecular complexity index is 272. The summed E-state index contributed by atoms with van der Waals surface area (Å²) < 4.78 is 0. The van der Waals surface area contributed by atoms with Gasteiger partial charge in [-0.2, -0.15) is 5.10 Å². The van der Waals surface area contributed by atoms with E-state index < -0.39 is 0 Å². The summed E-state index contributed by atoms with van der Waals surface area (Å²) in [5.74, 6) is 0.382. The fraction of sp³-hybridized carbons (Fsp3) is 0.333. The quantitative estimate of drug-likeness (QED) is 0.582. The largest absolute Gasteiger partial charge is 0.383 e. The number of amides is 1. The topological polar surface area (TPSA) is 83.8 Å². The third-order valence-corrected chi connectivity index (χ3v) is 1.48. The molecular weight excluding hydrogens is 180 g/mol. The minimum atomic E-state index is -0.262. The first-order valence-corrected chi connectivity index (χ1v) is 3.92. The third kappa shape index (κ3) is 1.88. The molecule has 1 aromatic heterocycles. The molecular formula is C6H9ClN4O. The summed E-state index contributed by atoms with van der Waals surface area (Å²) in [6, 6.07) is 0. The number of hydrogen-bond donors (Lipinski definition) is 3. The van der Waals surface area contributed by atoms with E-state index in [1.807, 2.05) is 0 Å². The van der Waals surface area contributed by atoms with E-state index in [0.717, 1.165) is 0 Å². The van der Waals surface area contributed by atoms with Crippen LogP contribution in [0.1, 0.15) is 10.4 Å². The number of nitrogen functional groups attached to an aromatic ring is 1. The number of hydrogen-bond acceptors (Lipinski definition) is 3. The molecule has 0 atom stereocenters. The van der Waals surface area contributed by atoms with Crippen molar-refractivity contribution in [3.63, 3.8) is 0 Å². The maximum Gasteiger partial charge on any atom is 0.256 e. The molecule has 0 bridgehead atoms. The molecule has 0 unspecified atom stereocenters. The SMILES string of the molecule is Nc1[nH]ncc1C(=O)NCCCl. The number of rotatable bonds is 3. The standard InChI is InChI=1S/C6H9ClN4O/c7-1-2-9-6(12)4-3-10-11-5(4)8/h3H,1-2H2,(H,9,12)(H3,8,10,11). The average molecular weight is 189 g/mol. The van der Waals surface area contributed by atoms with E-state index >= 15 is 0 Å². The number of halogens is 1. The van der Waals surface area contributed by atoms with Crippen molar-refractivity contribution in [2.75, 3.05) is 18.2 Å². The van der Waals surface area contributed by atoms with Crippen LogP contribution in [0.4, 0.5) is 5.82 Å². The van der Waals surface area contributed by atoms with Crippen LogP contribution in [-0.2, 0) is 0 Å². The summed E-state index contributed by atoms with van der Waals surface area (Å²) in [4.78, 5) is 11.2. The molecule has 5 nitrogen and oxygen atoms in total. The lowest BCUT2D eigenvalue weighted by Crippen LogP contribution is -2.25. The monoisotopic (exact) mass is 188 g/mol. The van der Waals surface area contributed by atoms with E-state index in [1.165, 1.54) is 6.20 Å². The van der Waals surface area contributed by atoms with Gasteiger partial charge < -0.3 is 11.1 Å². The summed E-state index contributed by atoms with van der Waals surface area (Å²) in [6.45, 7) is 0.422. The molecule has 0 fully saturated rings. The first kappa shape index (κ1) is 8.86. The molecule has 0 radical (unpaired) electrons. The lowest BCUT2D eigenvalue weighted by molar-refractivity contribution is 0.0957. The molecule has 0 aliphatic carbocycles. The van der Waals surface area contributed by atoms with Gasteiger partial charge in [-0.25, -0.2) is 0 Å². The zero-order chi connectivity index (χ0) is 8.97. The number of alkyl halides is 1. The fourth-order valence-corrected chi connectivity index (χ4v) is 0.828. The number of anilines is 1. The van der Waals surface area contributed by atoms with Crippen LogP contribution >= 0.6 is 11.6 Å². The summed E-state index contributed by atoms with van der Waals surface area (Å²) >= 11 is 5.38. The second-order valence-corrected chi connectivity index (χ2v) is 2.52. The number of aromatic nitrogens is 2. The Hall–Kier alpha value is -1.23. The van der Waals surface area contributed by atoms with Crippen molar-refractivity contribution in [1.29, 1.82) is 0 Å². The van der Waals surface area contributed by atoms with Gasteiger partial charge in [-0.05, 0) is 0 Å². The van der Waals surface area contributed by atoms with Crippen molar-refractivity contribution >= 4 is 23.3 Å². The van der Waals surface area contributed by atoms with E-state index in [4.69, 9.17) is 17.3 Å². The first-order valence-electron chi connectivity index (χ1n) is 3.38. The van der Waals surface area contributed by atoms with Gasteiger partial charge in [0.05, 0.1) is 6.20 Å². The number of nitrogens with zero attached hydrogens (tertiary/aromatic N) is 1. The maximum atomic E-state index is 11.2. The van der Waals surface area contributed by atoms with Crippen LogP contribution in [0.25, 0.3) is 0 Å². The van der Waals surface area contributed by atoms with Gasteiger partial charge in [0.1, 0.15) is 11.4 Å². The minimum Gasteiger partial charge on any atom is -0.383 e. The van der Waals surface area contributed by atoms with E-state index in [1.54, 1.807) is 0 Å². The van der Waals surface area contributed by atoms with Crippen molar-refractivity contribution in [2.45, 2.75) is 0 Å². The van der Waals surface area contributed by atoms with E-state index in [9.17, 15) is 4.79 Å².